The van der Waals surface area contributed by atoms with Crippen LogP contribution in [0, 0.1) is 0 Å². The van der Waals surface area contributed by atoms with Crippen LogP contribution in [0.4, 0.5) is 18.3 Å². The van der Waals surface area contributed by atoms with E-state index in [0.717, 1.165) is 12.8 Å². The van der Waals surface area contributed by atoms with Gasteiger partial charge in [0.2, 0.25) is 10.1 Å². The number of halogens is 3. The van der Waals surface area contributed by atoms with Gasteiger partial charge in [0.1, 0.15) is 0 Å². The van der Waals surface area contributed by atoms with Crippen molar-refractivity contribution < 1.29 is 13.2 Å². The standard InChI is InChI=1S/C8H8F3N3S/c9-8(10,11)6-13-14-7(15-6)12-5-3-1-2-4-5/h1-2,5H,3-4H2,(H,12,14). The minimum absolute atomic E-state index is 0.152. The van der Waals surface area contributed by atoms with Gasteiger partial charge in [0.15, 0.2) is 0 Å². The molecule has 0 radical (unpaired) electrons. The molecule has 0 amide bonds. The first-order valence-electron chi connectivity index (χ1n) is 4.38. The molecule has 1 aromatic heterocycles. The quantitative estimate of drug-likeness (QED) is 0.801. The zero-order valence-corrected chi connectivity index (χ0v) is 8.40. The Labute approximate surface area is 88.0 Å². The second-order valence-electron chi connectivity index (χ2n) is 3.19. The third kappa shape index (κ3) is 2.47. The summed E-state index contributed by atoms with van der Waals surface area (Å²) in [4.78, 5) is 0. The predicted octanol–water partition coefficient (Wildman–Crippen LogP) is 2.69. The first kappa shape index (κ1) is 10.4. The largest absolute Gasteiger partial charge is 0.445 e. The van der Waals surface area contributed by atoms with Gasteiger partial charge in [-0.1, -0.05) is 23.5 Å². The summed E-state index contributed by atoms with van der Waals surface area (Å²) in [5.41, 5.74) is 0. The molecule has 0 unspecified atom stereocenters. The molecule has 1 aliphatic carbocycles. The fourth-order valence-corrected chi connectivity index (χ4v) is 1.99. The molecule has 0 aliphatic heterocycles. The van der Waals surface area contributed by atoms with E-state index < -0.39 is 11.2 Å². The van der Waals surface area contributed by atoms with Crippen LogP contribution < -0.4 is 5.32 Å². The van der Waals surface area contributed by atoms with E-state index in [-0.39, 0.29) is 11.2 Å². The molecule has 0 spiro atoms. The molecule has 1 heterocycles. The van der Waals surface area contributed by atoms with Crippen LogP contribution in [0.25, 0.3) is 0 Å². The summed E-state index contributed by atoms with van der Waals surface area (Å²) in [7, 11) is 0. The minimum atomic E-state index is -4.40. The van der Waals surface area contributed by atoms with Crippen LogP contribution in [0.3, 0.4) is 0 Å². The topological polar surface area (TPSA) is 37.8 Å². The van der Waals surface area contributed by atoms with E-state index >= 15 is 0 Å². The lowest BCUT2D eigenvalue weighted by Gasteiger charge is -2.08. The fraction of sp³-hybridized carbons (Fsp3) is 0.500. The molecule has 15 heavy (non-hydrogen) atoms. The number of hydrogen-bond donors (Lipinski definition) is 1. The summed E-state index contributed by atoms with van der Waals surface area (Å²) < 4.78 is 36.5. The van der Waals surface area contributed by atoms with Crippen molar-refractivity contribution in [2.45, 2.75) is 25.1 Å². The van der Waals surface area contributed by atoms with Gasteiger partial charge in [0.25, 0.3) is 0 Å². The number of alkyl halides is 3. The number of anilines is 1. The summed E-state index contributed by atoms with van der Waals surface area (Å²) in [6.45, 7) is 0. The molecule has 0 fully saturated rings. The van der Waals surface area contributed by atoms with Crippen LogP contribution in [-0.4, -0.2) is 16.2 Å². The third-order valence-electron chi connectivity index (χ3n) is 2.00. The lowest BCUT2D eigenvalue weighted by Crippen LogP contribution is -2.14. The predicted molar refractivity (Wildman–Crippen MR) is 50.7 cm³/mol. The smallest absolute Gasteiger partial charge is 0.357 e. The Morgan fingerprint density at radius 2 is 1.93 bits per heavy atom. The van der Waals surface area contributed by atoms with Crippen molar-refractivity contribution in [1.29, 1.82) is 0 Å². The summed E-state index contributed by atoms with van der Waals surface area (Å²) >= 11 is 0.541. The molecule has 7 heteroatoms. The van der Waals surface area contributed by atoms with Crippen LogP contribution in [0.1, 0.15) is 17.8 Å². The fourth-order valence-electron chi connectivity index (χ4n) is 1.31. The molecule has 0 bridgehead atoms. The maximum absolute atomic E-state index is 12.2. The van der Waals surface area contributed by atoms with Crippen LogP contribution >= 0.6 is 11.3 Å². The molecule has 1 N–H and O–H groups in total. The van der Waals surface area contributed by atoms with Crippen LogP contribution in [-0.2, 0) is 6.18 Å². The molecule has 1 aromatic rings. The molecule has 82 valence electrons. The van der Waals surface area contributed by atoms with Gasteiger partial charge in [-0.05, 0) is 12.8 Å². The first-order valence-corrected chi connectivity index (χ1v) is 5.19. The Hall–Kier alpha value is -1.11. The Bertz CT molecular complexity index is 363. The number of rotatable bonds is 2. The highest BCUT2D eigenvalue weighted by Crippen LogP contribution is 2.33. The van der Waals surface area contributed by atoms with Gasteiger partial charge >= 0.3 is 6.18 Å². The monoisotopic (exact) mass is 235 g/mol. The summed E-state index contributed by atoms with van der Waals surface area (Å²) in [5.74, 6) is 0. The van der Waals surface area contributed by atoms with Crippen molar-refractivity contribution in [3.8, 4) is 0 Å². The molecular formula is C8H8F3N3S. The molecule has 3 nitrogen and oxygen atoms in total. The SMILES string of the molecule is FC(F)(F)c1nnc(NC2CC=CC2)s1. The first-order chi connectivity index (χ1) is 7.05. The number of hydrogen-bond acceptors (Lipinski definition) is 4. The van der Waals surface area contributed by atoms with Gasteiger partial charge in [-0.25, -0.2) is 0 Å². The molecule has 0 atom stereocenters. The van der Waals surface area contributed by atoms with Gasteiger partial charge < -0.3 is 5.32 Å². The average Bonchev–Trinajstić information content (AvgIpc) is 2.73. The number of nitrogens with one attached hydrogen (secondary N) is 1. The van der Waals surface area contributed by atoms with Crippen molar-refractivity contribution in [3.63, 3.8) is 0 Å². The van der Waals surface area contributed by atoms with Crippen LogP contribution in [0.15, 0.2) is 12.2 Å². The second-order valence-corrected chi connectivity index (χ2v) is 4.17. The third-order valence-corrected chi connectivity index (χ3v) is 2.90. The molecule has 2 rings (SSSR count). The minimum Gasteiger partial charge on any atom is -0.357 e. The average molecular weight is 235 g/mol. The van der Waals surface area contributed by atoms with Gasteiger partial charge in [-0.15, -0.1) is 10.2 Å². The van der Waals surface area contributed by atoms with Crippen LogP contribution in [0.2, 0.25) is 0 Å². The Balaban J connectivity index is 2.01. The zero-order valence-electron chi connectivity index (χ0n) is 7.58. The van der Waals surface area contributed by atoms with E-state index in [0.29, 0.717) is 11.3 Å². The normalized spacial score (nSPS) is 17.3. The Kier molecular flexibility index (Phi) is 2.64. The van der Waals surface area contributed by atoms with Gasteiger partial charge in [-0.3, -0.25) is 0 Å². The van der Waals surface area contributed by atoms with Crippen molar-refractivity contribution in [2.24, 2.45) is 0 Å². The lowest BCUT2D eigenvalue weighted by atomic mass is 10.2. The highest BCUT2D eigenvalue weighted by Gasteiger charge is 2.35. The summed E-state index contributed by atoms with van der Waals surface area (Å²) in [6, 6.07) is 0.152. The van der Waals surface area contributed by atoms with Crippen molar-refractivity contribution in [2.75, 3.05) is 5.32 Å². The molecular weight excluding hydrogens is 227 g/mol. The second kappa shape index (κ2) is 3.80. The summed E-state index contributed by atoms with van der Waals surface area (Å²) in [6.07, 6.45) is 1.22. The highest BCUT2D eigenvalue weighted by atomic mass is 32.1. The maximum Gasteiger partial charge on any atom is 0.445 e. The zero-order chi connectivity index (χ0) is 10.9. The van der Waals surface area contributed by atoms with E-state index in [1.54, 1.807) is 0 Å². The van der Waals surface area contributed by atoms with Crippen molar-refractivity contribution >= 4 is 16.5 Å². The van der Waals surface area contributed by atoms with Crippen LogP contribution in [0.5, 0.6) is 0 Å². The van der Waals surface area contributed by atoms with E-state index in [1.165, 1.54) is 0 Å². The Morgan fingerprint density at radius 1 is 1.27 bits per heavy atom. The Morgan fingerprint density at radius 3 is 2.47 bits per heavy atom. The van der Waals surface area contributed by atoms with Gasteiger partial charge in [0.05, 0.1) is 0 Å². The van der Waals surface area contributed by atoms with E-state index in [9.17, 15) is 13.2 Å². The van der Waals surface area contributed by atoms with E-state index in [4.69, 9.17) is 0 Å². The highest BCUT2D eigenvalue weighted by molar-refractivity contribution is 7.15. The van der Waals surface area contributed by atoms with Crippen molar-refractivity contribution in [3.05, 3.63) is 17.2 Å². The van der Waals surface area contributed by atoms with E-state index in [1.807, 2.05) is 12.2 Å². The van der Waals surface area contributed by atoms with E-state index in [2.05, 4.69) is 15.5 Å². The lowest BCUT2D eigenvalue weighted by molar-refractivity contribution is -0.138. The molecule has 0 saturated heterocycles. The summed E-state index contributed by atoms with van der Waals surface area (Å²) in [5, 5.41) is 8.79. The maximum atomic E-state index is 12.2. The van der Waals surface area contributed by atoms with Crippen molar-refractivity contribution in [1.82, 2.24) is 10.2 Å². The van der Waals surface area contributed by atoms with Gasteiger partial charge in [-0.2, -0.15) is 13.2 Å². The number of aromatic nitrogens is 2. The molecule has 0 saturated carbocycles. The number of nitrogens with zero attached hydrogens (tertiary/aromatic N) is 2. The molecule has 1 aliphatic rings. The van der Waals surface area contributed by atoms with Gasteiger partial charge in [0, 0.05) is 6.04 Å². The molecule has 0 aromatic carbocycles.